The van der Waals surface area contributed by atoms with E-state index in [-0.39, 0.29) is 5.56 Å². The zero-order valence-corrected chi connectivity index (χ0v) is 16.0. The molecule has 170 valence electrons. The van der Waals surface area contributed by atoms with Crippen LogP contribution >= 0.6 is 0 Å². The van der Waals surface area contributed by atoms with Crippen LogP contribution in [0.1, 0.15) is 35.2 Å². The summed E-state index contributed by atoms with van der Waals surface area (Å²) in [6.45, 7) is 1.91. The lowest BCUT2D eigenvalue weighted by Gasteiger charge is -2.36. The van der Waals surface area contributed by atoms with Crippen LogP contribution in [0.15, 0.2) is 24.3 Å². The van der Waals surface area contributed by atoms with Gasteiger partial charge in [0, 0.05) is 25.2 Å². The second-order valence-electron chi connectivity index (χ2n) is 6.91. The number of hydrogen-bond donors (Lipinski definition) is 3. The molecular weight excluding hydrogens is 422 g/mol. The minimum absolute atomic E-state index is 0.174. The predicted molar refractivity (Wildman–Crippen MR) is 93.8 cm³/mol. The van der Waals surface area contributed by atoms with Crippen LogP contribution in [0.4, 0.5) is 26.3 Å². The van der Waals surface area contributed by atoms with Crippen LogP contribution in [-0.4, -0.2) is 65.4 Å². The molecule has 0 aliphatic carbocycles. The van der Waals surface area contributed by atoms with Gasteiger partial charge in [0.2, 0.25) is 0 Å². The Morgan fingerprint density at radius 2 is 1.53 bits per heavy atom. The maximum absolute atomic E-state index is 12.5. The number of halogens is 6. The number of aliphatic carboxylic acids is 1. The van der Waals surface area contributed by atoms with Crippen LogP contribution in [0.3, 0.4) is 0 Å². The third-order valence-corrected chi connectivity index (χ3v) is 4.51. The molecule has 0 saturated carbocycles. The topological polar surface area (TPSA) is 89.9 Å². The van der Waals surface area contributed by atoms with E-state index in [0.29, 0.717) is 25.8 Å². The molecule has 30 heavy (non-hydrogen) atoms. The Morgan fingerprint density at radius 1 is 1.07 bits per heavy atom. The summed E-state index contributed by atoms with van der Waals surface area (Å²) in [4.78, 5) is 23.0. The van der Waals surface area contributed by atoms with Crippen LogP contribution in [0.25, 0.3) is 0 Å². The van der Waals surface area contributed by atoms with Crippen LogP contribution in [-0.2, 0) is 11.0 Å². The van der Waals surface area contributed by atoms with Gasteiger partial charge in [-0.25, -0.2) is 4.79 Å². The molecule has 1 aromatic carbocycles. The number of carboxylic acids is 1. The number of benzene rings is 1. The van der Waals surface area contributed by atoms with Gasteiger partial charge in [-0.15, -0.1) is 0 Å². The Labute approximate surface area is 168 Å². The largest absolute Gasteiger partial charge is 0.490 e. The normalized spacial score (nSPS) is 16.9. The lowest BCUT2D eigenvalue weighted by Crippen LogP contribution is -2.44. The maximum atomic E-state index is 12.5. The number of alkyl halides is 6. The summed E-state index contributed by atoms with van der Waals surface area (Å²) in [5, 5.41) is 20.2. The first-order valence-corrected chi connectivity index (χ1v) is 8.80. The van der Waals surface area contributed by atoms with E-state index in [9.17, 15) is 36.2 Å². The zero-order chi connectivity index (χ0) is 23.2. The molecular formula is C18H22F6N2O4. The molecule has 0 unspecified atom stereocenters. The predicted octanol–water partition coefficient (Wildman–Crippen LogP) is 2.92. The molecule has 0 radical (unpaired) electrons. The Kier molecular flexibility index (Phi) is 8.66. The summed E-state index contributed by atoms with van der Waals surface area (Å²) in [7, 11) is 1.99. The number of rotatable bonds is 4. The zero-order valence-electron chi connectivity index (χ0n) is 16.0. The number of likely N-dealkylation sites (tertiary alicyclic amines) is 1. The monoisotopic (exact) mass is 444 g/mol. The van der Waals surface area contributed by atoms with Crippen LogP contribution in [0.5, 0.6) is 0 Å². The number of carboxylic acid groups (broad SMARTS) is 1. The van der Waals surface area contributed by atoms with Crippen molar-refractivity contribution < 1.29 is 46.1 Å². The van der Waals surface area contributed by atoms with Gasteiger partial charge < -0.3 is 20.4 Å². The Balaban J connectivity index is 0.000000553. The number of aliphatic hydroxyl groups is 1. The molecule has 1 amide bonds. The Hall–Kier alpha value is -2.34. The lowest BCUT2D eigenvalue weighted by atomic mass is 9.88. The van der Waals surface area contributed by atoms with Crippen LogP contribution < -0.4 is 5.32 Å². The summed E-state index contributed by atoms with van der Waals surface area (Å²) < 4.78 is 69.1. The number of nitrogens with zero attached hydrogens (tertiary/aromatic N) is 1. The summed E-state index contributed by atoms with van der Waals surface area (Å²) >= 11 is 0. The first-order chi connectivity index (χ1) is 13.6. The van der Waals surface area contributed by atoms with Gasteiger partial charge in [-0.3, -0.25) is 4.79 Å². The van der Waals surface area contributed by atoms with Crippen LogP contribution in [0, 0.1) is 0 Å². The fourth-order valence-corrected chi connectivity index (χ4v) is 2.61. The quantitative estimate of drug-likeness (QED) is 0.622. The molecule has 1 heterocycles. The van der Waals surface area contributed by atoms with Gasteiger partial charge in [0.1, 0.15) is 0 Å². The number of hydrogen-bond acceptors (Lipinski definition) is 4. The van der Waals surface area contributed by atoms with E-state index in [0.717, 1.165) is 37.4 Å². The van der Waals surface area contributed by atoms with Gasteiger partial charge in [-0.2, -0.15) is 26.3 Å². The third-order valence-electron chi connectivity index (χ3n) is 4.51. The van der Waals surface area contributed by atoms with Gasteiger partial charge >= 0.3 is 18.3 Å². The van der Waals surface area contributed by atoms with E-state index in [2.05, 4.69) is 10.2 Å². The second-order valence-corrected chi connectivity index (χ2v) is 6.91. The molecule has 3 N–H and O–H groups in total. The minimum atomic E-state index is -5.08. The van der Waals surface area contributed by atoms with Crippen LogP contribution in [0.2, 0.25) is 0 Å². The van der Waals surface area contributed by atoms with E-state index < -0.39 is 35.4 Å². The van der Waals surface area contributed by atoms with Crippen molar-refractivity contribution in [2.24, 2.45) is 0 Å². The van der Waals surface area contributed by atoms with Crippen molar-refractivity contribution >= 4 is 11.9 Å². The average Bonchev–Trinajstić information content (AvgIpc) is 2.63. The molecule has 6 nitrogen and oxygen atoms in total. The van der Waals surface area contributed by atoms with Crippen molar-refractivity contribution in [2.45, 2.75) is 37.2 Å². The molecule has 1 saturated heterocycles. The third kappa shape index (κ3) is 8.57. The number of carbonyl (C=O) groups excluding carboxylic acids is 1. The fraction of sp³-hybridized carbons (Fsp3) is 0.556. The number of carbonyl (C=O) groups is 2. The molecule has 0 spiro atoms. The highest BCUT2D eigenvalue weighted by Crippen LogP contribution is 2.29. The average molecular weight is 444 g/mol. The van der Waals surface area contributed by atoms with Gasteiger partial charge in [-0.05, 0) is 50.6 Å². The minimum Gasteiger partial charge on any atom is -0.475 e. The lowest BCUT2D eigenvalue weighted by molar-refractivity contribution is -0.192. The molecule has 0 aromatic heterocycles. The molecule has 1 aliphatic heterocycles. The van der Waals surface area contributed by atoms with Crippen molar-refractivity contribution in [3.8, 4) is 0 Å². The van der Waals surface area contributed by atoms with Crippen molar-refractivity contribution in [3.05, 3.63) is 35.4 Å². The molecule has 1 aliphatic rings. The highest BCUT2D eigenvalue weighted by atomic mass is 19.4. The van der Waals surface area contributed by atoms with Gasteiger partial charge in [0.05, 0.1) is 11.2 Å². The standard InChI is InChI=1S/C16H21F3N2O2.C2HF3O2/c1-21-10-7-15(23,8-11-21)6-9-20-14(22)12-2-4-13(5-3-12)16(17,18)19;3-2(4,5)1(6)7/h2-5,23H,6-11H2,1H3,(H,20,22);(H,6,7). The Bertz CT molecular complexity index is 711. The van der Waals surface area contributed by atoms with Gasteiger partial charge in [0.15, 0.2) is 0 Å². The Morgan fingerprint density at radius 3 is 1.93 bits per heavy atom. The van der Waals surface area contributed by atoms with Gasteiger partial charge in [0.25, 0.3) is 5.91 Å². The summed E-state index contributed by atoms with van der Waals surface area (Å²) in [6.07, 6.45) is -7.75. The van der Waals surface area contributed by atoms with Crippen molar-refractivity contribution in [1.29, 1.82) is 0 Å². The second kappa shape index (κ2) is 10.1. The van der Waals surface area contributed by atoms with Crippen molar-refractivity contribution in [1.82, 2.24) is 10.2 Å². The van der Waals surface area contributed by atoms with Crippen molar-refractivity contribution in [3.63, 3.8) is 0 Å². The van der Waals surface area contributed by atoms with E-state index in [4.69, 9.17) is 9.90 Å². The van der Waals surface area contributed by atoms with Gasteiger partial charge in [-0.1, -0.05) is 0 Å². The first kappa shape index (κ1) is 25.7. The molecule has 12 heteroatoms. The molecule has 1 aromatic rings. The van der Waals surface area contributed by atoms with Crippen molar-refractivity contribution in [2.75, 3.05) is 26.7 Å². The van der Waals surface area contributed by atoms with E-state index >= 15 is 0 Å². The number of amides is 1. The smallest absolute Gasteiger partial charge is 0.475 e. The summed E-state index contributed by atoms with van der Waals surface area (Å²) in [6, 6.07) is 4.09. The highest BCUT2D eigenvalue weighted by Gasteiger charge is 2.38. The number of piperidine rings is 1. The molecule has 1 fully saturated rings. The van der Waals surface area contributed by atoms with E-state index in [1.165, 1.54) is 0 Å². The SMILES string of the molecule is CN1CCC(O)(CCNC(=O)c2ccc(C(F)(F)F)cc2)CC1.O=C(O)C(F)(F)F. The molecule has 2 rings (SSSR count). The van der Waals surface area contributed by atoms with E-state index in [1.807, 2.05) is 7.05 Å². The maximum Gasteiger partial charge on any atom is 0.490 e. The summed E-state index contributed by atoms with van der Waals surface area (Å²) in [5.74, 6) is -3.19. The molecule has 0 bridgehead atoms. The summed E-state index contributed by atoms with van der Waals surface area (Å²) in [5.41, 5.74) is -1.39. The fourth-order valence-electron chi connectivity index (χ4n) is 2.61. The molecule has 0 atom stereocenters. The number of nitrogens with one attached hydrogen (secondary N) is 1. The van der Waals surface area contributed by atoms with E-state index in [1.54, 1.807) is 0 Å². The highest BCUT2D eigenvalue weighted by molar-refractivity contribution is 5.94. The first-order valence-electron chi connectivity index (χ1n) is 8.80.